The average molecular weight is 211 g/mol. The van der Waals surface area contributed by atoms with Gasteiger partial charge in [-0.15, -0.1) is 0 Å². The van der Waals surface area contributed by atoms with Gasteiger partial charge in [0.25, 0.3) is 0 Å². The number of nitrogens with one attached hydrogen (secondary N) is 1. The number of aromatic hydroxyl groups is 2. The van der Waals surface area contributed by atoms with Gasteiger partial charge in [0.15, 0.2) is 11.5 Å². The van der Waals surface area contributed by atoms with Crippen molar-refractivity contribution in [2.45, 2.75) is 26.0 Å². The summed E-state index contributed by atoms with van der Waals surface area (Å²) in [5, 5.41) is 30.8. The molecular weight excluding hydrogens is 194 g/mol. The Morgan fingerprint density at radius 2 is 2.00 bits per heavy atom. The molecule has 0 aliphatic heterocycles. The van der Waals surface area contributed by atoms with Crippen LogP contribution in [-0.2, 0) is 6.42 Å². The van der Waals surface area contributed by atoms with Crippen LogP contribution < -0.4 is 5.32 Å². The molecule has 1 aromatic carbocycles. The van der Waals surface area contributed by atoms with Crippen molar-refractivity contribution in [3.05, 3.63) is 23.8 Å². The van der Waals surface area contributed by atoms with Gasteiger partial charge in [0.1, 0.15) is 6.23 Å². The smallest absolute Gasteiger partial charge is 0.157 e. The van der Waals surface area contributed by atoms with E-state index in [0.29, 0.717) is 6.42 Å². The van der Waals surface area contributed by atoms with Crippen LogP contribution in [0.1, 0.15) is 18.9 Å². The van der Waals surface area contributed by atoms with Crippen LogP contribution in [0.15, 0.2) is 18.2 Å². The molecule has 1 unspecified atom stereocenters. The normalized spacial score (nSPS) is 12.7. The number of aliphatic hydroxyl groups excluding tert-OH is 1. The molecule has 1 rings (SSSR count). The van der Waals surface area contributed by atoms with Gasteiger partial charge in [0.2, 0.25) is 0 Å². The molecule has 15 heavy (non-hydrogen) atoms. The molecule has 0 aliphatic rings. The third-order valence-corrected chi connectivity index (χ3v) is 2.10. The Kier molecular flexibility index (Phi) is 4.39. The van der Waals surface area contributed by atoms with E-state index in [-0.39, 0.29) is 11.5 Å². The molecule has 0 aromatic heterocycles. The van der Waals surface area contributed by atoms with Crippen molar-refractivity contribution in [2.24, 2.45) is 0 Å². The summed E-state index contributed by atoms with van der Waals surface area (Å²) in [6, 6.07) is 4.54. The SMILES string of the molecule is CCCNC(O)Cc1ccc(O)c(O)c1. The number of phenolic OH excluding ortho intramolecular Hbond substituents is 2. The topological polar surface area (TPSA) is 72.7 Å². The molecule has 0 heterocycles. The highest BCUT2D eigenvalue weighted by atomic mass is 16.3. The molecule has 4 N–H and O–H groups in total. The van der Waals surface area contributed by atoms with Crippen LogP contribution in [0.3, 0.4) is 0 Å². The summed E-state index contributed by atoms with van der Waals surface area (Å²) >= 11 is 0. The number of aliphatic hydroxyl groups is 1. The molecular formula is C11H17NO3. The van der Waals surface area contributed by atoms with E-state index >= 15 is 0 Å². The molecule has 0 amide bonds. The zero-order valence-electron chi connectivity index (χ0n) is 8.77. The van der Waals surface area contributed by atoms with Crippen molar-refractivity contribution in [3.63, 3.8) is 0 Å². The van der Waals surface area contributed by atoms with Gasteiger partial charge in [0.05, 0.1) is 0 Å². The van der Waals surface area contributed by atoms with Crippen molar-refractivity contribution >= 4 is 0 Å². The van der Waals surface area contributed by atoms with Gasteiger partial charge in [0, 0.05) is 6.42 Å². The summed E-state index contributed by atoms with van der Waals surface area (Å²) in [5.41, 5.74) is 0.779. The maximum atomic E-state index is 9.54. The maximum absolute atomic E-state index is 9.54. The largest absolute Gasteiger partial charge is 0.504 e. The van der Waals surface area contributed by atoms with E-state index in [1.807, 2.05) is 6.92 Å². The summed E-state index contributed by atoms with van der Waals surface area (Å²) in [6.45, 7) is 2.78. The molecule has 0 radical (unpaired) electrons. The number of benzene rings is 1. The lowest BCUT2D eigenvalue weighted by molar-refractivity contribution is 0.138. The van der Waals surface area contributed by atoms with Gasteiger partial charge in [-0.3, -0.25) is 5.32 Å². The Morgan fingerprint density at radius 3 is 2.60 bits per heavy atom. The molecule has 84 valence electrons. The van der Waals surface area contributed by atoms with Gasteiger partial charge in [-0.1, -0.05) is 13.0 Å². The highest BCUT2D eigenvalue weighted by Gasteiger charge is 2.06. The zero-order valence-corrected chi connectivity index (χ0v) is 8.77. The lowest BCUT2D eigenvalue weighted by Gasteiger charge is -2.12. The Hall–Kier alpha value is -1.26. The second-order valence-corrected chi connectivity index (χ2v) is 3.50. The summed E-state index contributed by atoms with van der Waals surface area (Å²) in [7, 11) is 0. The van der Waals surface area contributed by atoms with Crippen LogP contribution in [0.5, 0.6) is 11.5 Å². The second-order valence-electron chi connectivity index (χ2n) is 3.50. The third kappa shape index (κ3) is 3.77. The maximum Gasteiger partial charge on any atom is 0.157 e. The Morgan fingerprint density at radius 1 is 1.27 bits per heavy atom. The Balaban J connectivity index is 2.53. The van der Waals surface area contributed by atoms with Gasteiger partial charge >= 0.3 is 0 Å². The van der Waals surface area contributed by atoms with Crippen molar-refractivity contribution in [3.8, 4) is 11.5 Å². The molecule has 1 aromatic rings. The van der Waals surface area contributed by atoms with E-state index in [1.54, 1.807) is 6.07 Å². The predicted octanol–water partition coefficient (Wildman–Crippen LogP) is 0.958. The molecule has 0 saturated heterocycles. The van der Waals surface area contributed by atoms with E-state index in [4.69, 9.17) is 5.11 Å². The fourth-order valence-electron chi connectivity index (χ4n) is 1.30. The number of hydrogen-bond donors (Lipinski definition) is 4. The first-order valence-corrected chi connectivity index (χ1v) is 5.05. The van der Waals surface area contributed by atoms with Crippen LogP contribution >= 0.6 is 0 Å². The van der Waals surface area contributed by atoms with Gasteiger partial charge in [-0.05, 0) is 30.7 Å². The van der Waals surface area contributed by atoms with Crippen LogP contribution in [0.25, 0.3) is 0 Å². The minimum Gasteiger partial charge on any atom is -0.504 e. The fourth-order valence-corrected chi connectivity index (χ4v) is 1.30. The Bertz CT molecular complexity index is 315. The summed E-state index contributed by atoms with van der Waals surface area (Å²) < 4.78 is 0. The van der Waals surface area contributed by atoms with E-state index < -0.39 is 6.23 Å². The van der Waals surface area contributed by atoms with Crippen LogP contribution in [0.4, 0.5) is 0 Å². The van der Waals surface area contributed by atoms with Crippen LogP contribution in [0.2, 0.25) is 0 Å². The number of phenols is 2. The van der Waals surface area contributed by atoms with Gasteiger partial charge in [-0.25, -0.2) is 0 Å². The zero-order chi connectivity index (χ0) is 11.3. The molecule has 1 atom stereocenters. The van der Waals surface area contributed by atoms with Crippen molar-refractivity contribution < 1.29 is 15.3 Å². The highest BCUT2D eigenvalue weighted by molar-refractivity contribution is 5.40. The number of hydrogen-bond acceptors (Lipinski definition) is 4. The molecule has 0 aliphatic carbocycles. The van der Waals surface area contributed by atoms with Gasteiger partial charge in [-0.2, -0.15) is 0 Å². The summed E-state index contributed by atoms with van der Waals surface area (Å²) in [4.78, 5) is 0. The van der Waals surface area contributed by atoms with Crippen molar-refractivity contribution in [1.29, 1.82) is 0 Å². The van der Waals surface area contributed by atoms with Crippen molar-refractivity contribution in [1.82, 2.24) is 5.32 Å². The molecule has 0 saturated carbocycles. The minimum atomic E-state index is -0.617. The first-order valence-electron chi connectivity index (χ1n) is 5.05. The van der Waals surface area contributed by atoms with E-state index in [9.17, 15) is 10.2 Å². The standard InChI is InChI=1S/C11H17NO3/c1-2-5-12-11(15)7-8-3-4-9(13)10(14)6-8/h3-4,6,11-15H,2,5,7H2,1H3. The average Bonchev–Trinajstić information content (AvgIpc) is 2.20. The van der Waals surface area contributed by atoms with Crippen LogP contribution in [-0.4, -0.2) is 28.1 Å². The Labute approximate surface area is 89.2 Å². The second kappa shape index (κ2) is 5.58. The molecule has 4 nitrogen and oxygen atoms in total. The van der Waals surface area contributed by atoms with E-state index in [0.717, 1.165) is 18.5 Å². The van der Waals surface area contributed by atoms with Crippen LogP contribution in [0, 0.1) is 0 Å². The van der Waals surface area contributed by atoms with Gasteiger partial charge < -0.3 is 15.3 Å². The lowest BCUT2D eigenvalue weighted by Crippen LogP contribution is -2.31. The summed E-state index contributed by atoms with van der Waals surface area (Å²) in [5.74, 6) is -0.301. The van der Waals surface area contributed by atoms with E-state index in [2.05, 4.69) is 5.32 Å². The highest BCUT2D eigenvalue weighted by Crippen LogP contribution is 2.25. The molecule has 0 fully saturated rings. The first kappa shape index (κ1) is 11.8. The third-order valence-electron chi connectivity index (χ3n) is 2.10. The lowest BCUT2D eigenvalue weighted by atomic mass is 10.1. The quantitative estimate of drug-likeness (QED) is 0.432. The number of rotatable bonds is 5. The monoisotopic (exact) mass is 211 g/mol. The molecule has 0 spiro atoms. The van der Waals surface area contributed by atoms with Crippen molar-refractivity contribution in [2.75, 3.05) is 6.54 Å². The predicted molar refractivity (Wildman–Crippen MR) is 57.8 cm³/mol. The summed E-state index contributed by atoms with van der Waals surface area (Å²) in [6.07, 6.45) is 0.750. The molecule has 4 heteroatoms. The van der Waals surface area contributed by atoms with E-state index in [1.165, 1.54) is 12.1 Å². The first-order chi connectivity index (χ1) is 7.13. The molecule has 0 bridgehead atoms. The fraction of sp³-hybridized carbons (Fsp3) is 0.455. The minimum absolute atomic E-state index is 0.144.